The second kappa shape index (κ2) is 7.53. The number of piperidine rings is 1. The fraction of sp³-hybridized carbons (Fsp3) is 0.522. The molecule has 162 valence electrons. The molecule has 2 bridgehead atoms. The van der Waals surface area contributed by atoms with E-state index in [9.17, 15) is 9.18 Å². The van der Waals surface area contributed by atoms with Gasteiger partial charge in [-0.15, -0.1) is 0 Å². The molecule has 0 spiro atoms. The third-order valence-electron chi connectivity index (χ3n) is 7.12. The van der Waals surface area contributed by atoms with Crippen molar-refractivity contribution in [3.05, 3.63) is 64.0 Å². The van der Waals surface area contributed by atoms with E-state index in [0.717, 1.165) is 56.0 Å². The fourth-order valence-corrected chi connectivity index (χ4v) is 5.72. The Morgan fingerprint density at radius 2 is 2.00 bits per heavy atom. The number of likely N-dealkylation sites (tertiary alicyclic amines) is 2. The first-order valence-corrected chi connectivity index (χ1v) is 11.2. The predicted molar refractivity (Wildman–Crippen MR) is 115 cm³/mol. The summed E-state index contributed by atoms with van der Waals surface area (Å²) in [5.74, 6) is 0.867. The van der Waals surface area contributed by atoms with Crippen molar-refractivity contribution in [1.29, 1.82) is 0 Å². The zero-order valence-electron chi connectivity index (χ0n) is 17.5. The van der Waals surface area contributed by atoms with E-state index in [0.29, 0.717) is 31.3 Å². The standard InChI is InChI=1S/C23H27FN6O/c24-20-4-5-27(14-20)12-18-1-2-21-19-7-17(11-29(21)23(18)31)10-28(13-19)9-16-3-6-30-22(8-16)25-15-26-30/h1-3,6,8,15,17,19-20H,4-5,7,9-14H2/t17-,19+,20+/m0/s1. The van der Waals surface area contributed by atoms with Crippen molar-refractivity contribution < 1.29 is 4.39 Å². The van der Waals surface area contributed by atoms with Crippen LogP contribution < -0.4 is 5.56 Å². The number of fused-ring (bicyclic) bond motifs is 5. The highest BCUT2D eigenvalue weighted by molar-refractivity contribution is 5.39. The van der Waals surface area contributed by atoms with E-state index in [4.69, 9.17) is 0 Å². The largest absolute Gasteiger partial charge is 0.312 e. The van der Waals surface area contributed by atoms with Gasteiger partial charge in [-0.25, -0.2) is 13.9 Å². The second-order valence-corrected chi connectivity index (χ2v) is 9.41. The van der Waals surface area contributed by atoms with Crippen LogP contribution in [0.1, 0.15) is 35.6 Å². The summed E-state index contributed by atoms with van der Waals surface area (Å²) in [6.07, 6.45) is 4.51. The minimum absolute atomic E-state index is 0.125. The van der Waals surface area contributed by atoms with Gasteiger partial charge in [0, 0.05) is 69.2 Å². The van der Waals surface area contributed by atoms with E-state index in [1.165, 1.54) is 5.56 Å². The van der Waals surface area contributed by atoms with Gasteiger partial charge >= 0.3 is 0 Å². The maximum atomic E-state index is 13.5. The maximum absolute atomic E-state index is 13.5. The van der Waals surface area contributed by atoms with E-state index >= 15 is 0 Å². The van der Waals surface area contributed by atoms with Gasteiger partial charge in [-0.1, -0.05) is 6.07 Å². The van der Waals surface area contributed by atoms with Gasteiger partial charge < -0.3 is 4.57 Å². The van der Waals surface area contributed by atoms with Crippen LogP contribution in [0.3, 0.4) is 0 Å². The maximum Gasteiger partial charge on any atom is 0.255 e. The van der Waals surface area contributed by atoms with E-state index in [2.05, 4.69) is 38.1 Å². The number of rotatable bonds is 4. The third kappa shape index (κ3) is 3.57. The first-order chi connectivity index (χ1) is 15.1. The quantitative estimate of drug-likeness (QED) is 0.644. The van der Waals surface area contributed by atoms with Crippen molar-refractivity contribution in [2.24, 2.45) is 5.92 Å². The molecule has 7 nitrogen and oxygen atoms in total. The van der Waals surface area contributed by atoms with Crippen molar-refractivity contribution in [1.82, 2.24) is 29.0 Å². The Bertz CT molecular complexity index is 1170. The van der Waals surface area contributed by atoms with E-state index < -0.39 is 6.17 Å². The van der Waals surface area contributed by atoms with Crippen molar-refractivity contribution in [3.63, 3.8) is 0 Å². The summed E-state index contributed by atoms with van der Waals surface area (Å²) >= 11 is 0. The first kappa shape index (κ1) is 19.1. The number of hydrogen-bond donors (Lipinski definition) is 0. The lowest BCUT2D eigenvalue weighted by molar-refractivity contribution is 0.114. The van der Waals surface area contributed by atoms with Gasteiger partial charge in [-0.05, 0) is 42.5 Å². The molecule has 31 heavy (non-hydrogen) atoms. The van der Waals surface area contributed by atoms with E-state index in [-0.39, 0.29) is 5.56 Å². The number of nitrogens with zero attached hydrogens (tertiary/aromatic N) is 6. The zero-order chi connectivity index (χ0) is 20.9. The Hall–Kier alpha value is -2.58. The topological polar surface area (TPSA) is 58.7 Å². The lowest BCUT2D eigenvalue weighted by Crippen LogP contribution is -2.47. The van der Waals surface area contributed by atoms with Crippen LogP contribution in [0.4, 0.5) is 4.39 Å². The molecule has 0 aliphatic carbocycles. The Morgan fingerprint density at radius 3 is 2.87 bits per heavy atom. The molecule has 0 saturated carbocycles. The molecule has 2 fully saturated rings. The smallest absolute Gasteiger partial charge is 0.255 e. The Balaban J connectivity index is 1.20. The lowest BCUT2D eigenvalue weighted by atomic mass is 9.83. The summed E-state index contributed by atoms with van der Waals surface area (Å²) in [6, 6.07) is 8.34. The number of halogens is 1. The average molecular weight is 423 g/mol. The molecule has 3 atom stereocenters. The summed E-state index contributed by atoms with van der Waals surface area (Å²) < 4.78 is 17.3. The molecule has 3 aliphatic rings. The number of hydrogen-bond acceptors (Lipinski definition) is 5. The van der Waals surface area contributed by atoms with Crippen LogP contribution in [0.2, 0.25) is 0 Å². The minimum atomic E-state index is -0.754. The van der Waals surface area contributed by atoms with Gasteiger partial charge in [0.15, 0.2) is 5.65 Å². The molecular weight excluding hydrogens is 395 g/mol. The molecule has 0 N–H and O–H groups in total. The van der Waals surface area contributed by atoms with Crippen LogP contribution in [0, 0.1) is 5.92 Å². The molecule has 2 saturated heterocycles. The summed E-state index contributed by atoms with van der Waals surface area (Å²) in [7, 11) is 0. The van der Waals surface area contributed by atoms with Gasteiger partial charge in [-0.3, -0.25) is 14.6 Å². The summed E-state index contributed by atoms with van der Waals surface area (Å²) in [5.41, 5.74) is 4.20. The third-order valence-corrected chi connectivity index (χ3v) is 7.12. The Labute approximate surface area is 180 Å². The lowest BCUT2D eigenvalue weighted by Gasteiger charge is -2.43. The summed E-state index contributed by atoms with van der Waals surface area (Å²) in [5, 5.41) is 4.17. The molecule has 6 heterocycles. The summed E-state index contributed by atoms with van der Waals surface area (Å²) in [6.45, 7) is 5.38. The first-order valence-electron chi connectivity index (χ1n) is 11.2. The van der Waals surface area contributed by atoms with Gasteiger partial charge in [0.25, 0.3) is 5.56 Å². The molecule has 0 amide bonds. The van der Waals surface area contributed by atoms with Crippen LogP contribution in [-0.2, 0) is 19.6 Å². The molecule has 0 aromatic carbocycles. The number of pyridine rings is 2. The highest BCUT2D eigenvalue weighted by Gasteiger charge is 2.35. The molecule has 8 heteroatoms. The zero-order valence-corrected chi connectivity index (χ0v) is 17.5. The SMILES string of the molecule is O=c1c(CN2CC[C@@H](F)C2)ccc2n1C[C@H]1C[C@@H]2CN(Cc2ccn3ncnc3c2)C1. The molecule has 3 aromatic heterocycles. The van der Waals surface area contributed by atoms with Gasteiger partial charge in [0.05, 0.1) is 0 Å². The van der Waals surface area contributed by atoms with Crippen molar-refractivity contribution >= 4 is 5.65 Å². The van der Waals surface area contributed by atoms with Crippen molar-refractivity contribution in [2.45, 2.75) is 44.6 Å². The molecule has 0 unspecified atom stereocenters. The van der Waals surface area contributed by atoms with Crippen molar-refractivity contribution in [2.75, 3.05) is 26.2 Å². The Kier molecular flexibility index (Phi) is 4.65. The Morgan fingerprint density at radius 1 is 1.06 bits per heavy atom. The van der Waals surface area contributed by atoms with E-state index in [1.54, 1.807) is 10.8 Å². The molecule has 3 aromatic rings. The van der Waals surface area contributed by atoms with E-state index in [1.807, 2.05) is 16.8 Å². The second-order valence-electron chi connectivity index (χ2n) is 9.41. The van der Waals surface area contributed by atoms with Gasteiger partial charge in [-0.2, -0.15) is 5.10 Å². The van der Waals surface area contributed by atoms with Gasteiger partial charge in [0.1, 0.15) is 12.5 Å². The molecule has 0 radical (unpaired) electrons. The minimum Gasteiger partial charge on any atom is -0.312 e. The number of alkyl halides is 1. The molecular formula is C23H27FN6O. The van der Waals surface area contributed by atoms with Crippen LogP contribution in [0.15, 0.2) is 41.6 Å². The average Bonchev–Trinajstić information content (AvgIpc) is 3.38. The van der Waals surface area contributed by atoms with Crippen LogP contribution in [-0.4, -0.2) is 61.3 Å². The van der Waals surface area contributed by atoms with Crippen molar-refractivity contribution in [3.8, 4) is 0 Å². The highest BCUT2D eigenvalue weighted by Crippen LogP contribution is 2.35. The number of aromatic nitrogens is 4. The van der Waals surface area contributed by atoms with Gasteiger partial charge in [0.2, 0.25) is 0 Å². The van der Waals surface area contributed by atoms with Crippen LogP contribution >= 0.6 is 0 Å². The predicted octanol–water partition coefficient (Wildman–Crippen LogP) is 2.05. The monoisotopic (exact) mass is 422 g/mol. The highest BCUT2D eigenvalue weighted by atomic mass is 19.1. The van der Waals surface area contributed by atoms with Crippen LogP contribution in [0.5, 0.6) is 0 Å². The molecule has 3 aliphatic heterocycles. The fourth-order valence-electron chi connectivity index (χ4n) is 5.72. The van der Waals surface area contributed by atoms with Crippen LogP contribution in [0.25, 0.3) is 5.65 Å². The normalized spacial score (nSPS) is 26.4. The molecule has 6 rings (SSSR count). The summed E-state index contributed by atoms with van der Waals surface area (Å²) in [4.78, 5) is 22.1.